The van der Waals surface area contributed by atoms with E-state index in [4.69, 9.17) is 0 Å². The van der Waals surface area contributed by atoms with Gasteiger partial charge in [-0.2, -0.15) is 0 Å². The molecule has 2 fully saturated rings. The van der Waals surface area contributed by atoms with E-state index >= 15 is 0 Å². The van der Waals surface area contributed by atoms with Crippen molar-refractivity contribution in [1.82, 2.24) is 19.7 Å². The number of aromatic nitrogens is 3. The molecule has 5 nitrogen and oxygen atoms in total. The van der Waals surface area contributed by atoms with E-state index in [9.17, 15) is 4.79 Å². The van der Waals surface area contributed by atoms with Crippen LogP contribution in [0, 0.1) is 5.92 Å². The zero-order chi connectivity index (χ0) is 16.4. The normalized spacial score (nSPS) is 21.0. The van der Waals surface area contributed by atoms with Crippen LogP contribution < -0.4 is 0 Å². The molecule has 4 rings (SSSR count). The summed E-state index contributed by atoms with van der Waals surface area (Å²) in [5.41, 5.74) is 1.08. The van der Waals surface area contributed by atoms with E-state index in [-0.39, 0.29) is 11.9 Å². The second-order valence-corrected chi connectivity index (χ2v) is 7.05. The van der Waals surface area contributed by atoms with Crippen molar-refractivity contribution in [1.29, 1.82) is 0 Å². The number of nitrogens with zero attached hydrogens (tertiary/aromatic N) is 4. The largest absolute Gasteiger partial charge is 0.332 e. The zero-order valence-corrected chi connectivity index (χ0v) is 14.0. The van der Waals surface area contributed by atoms with Crippen LogP contribution in [0.4, 0.5) is 0 Å². The lowest BCUT2D eigenvalue weighted by molar-refractivity contribution is -0.134. The van der Waals surface area contributed by atoms with Gasteiger partial charge in [-0.05, 0) is 43.6 Å². The number of hydrogen-bond acceptors (Lipinski definition) is 3. The van der Waals surface area contributed by atoms with Crippen molar-refractivity contribution in [3.63, 3.8) is 0 Å². The average Bonchev–Trinajstić information content (AvgIpc) is 3.31. The maximum atomic E-state index is 12.9. The smallest absolute Gasteiger partial charge is 0.227 e. The van der Waals surface area contributed by atoms with Gasteiger partial charge in [-0.3, -0.25) is 4.79 Å². The molecule has 1 atom stereocenters. The lowest BCUT2D eigenvalue weighted by Gasteiger charge is -2.35. The molecule has 0 bridgehead atoms. The van der Waals surface area contributed by atoms with Gasteiger partial charge in [0.1, 0.15) is 6.33 Å². The lowest BCUT2D eigenvalue weighted by atomic mass is 10.00. The minimum Gasteiger partial charge on any atom is -0.332 e. The Morgan fingerprint density at radius 2 is 1.96 bits per heavy atom. The van der Waals surface area contributed by atoms with Crippen LogP contribution in [-0.2, 0) is 17.8 Å². The highest BCUT2D eigenvalue weighted by Gasteiger charge is 2.32. The summed E-state index contributed by atoms with van der Waals surface area (Å²) in [6.45, 7) is 1.83. The van der Waals surface area contributed by atoms with Gasteiger partial charge in [0.2, 0.25) is 5.91 Å². The number of carbonyl (C=O) groups excluding carboxylic acids is 1. The van der Waals surface area contributed by atoms with Crippen LogP contribution >= 0.6 is 0 Å². The van der Waals surface area contributed by atoms with Gasteiger partial charge >= 0.3 is 0 Å². The Morgan fingerprint density at radius 1 is 1.12 bits per heavy atom. The van der Waals surface area contributed by atoms with Gasteiger partial charge < -0.3 is 9.47 Å². The van der Waals surface area contributed by atoms with E-state index in [0.29, 0.717) is 6.42 Å². The van der Waals surface area contributed by atoms with Crippen molar-refractivity contribution in [3.8, 4) is 0 Å². The minimum atomic E-state index is 0.0798. The van der Waals surface area contributed by atoms with E-state index < -0.39 is 0 Å². The maximum absolute atomic E-state index is 12.9. The number of likely N-dealkylation sites (tertiary alicyclic amines) is 1. The molecule has 0 N–H and O–H groups in total. The van der Waals surface area contributed by atoms with Crippen LogP contribution in [0.5, 0.6) is 0 Å². The summed E-state index contributed by atoms with van der Waals surface area (Å²) in [5, 5.41) is 8.51. The first kappa shape index (κ1) is 15.4. The maximum Gasteiger partial charge on any atom is 0.227 e. The Kier molecular flexibility index (Phi) is 4.32. The fourth-order valence-corrected chi connectivity index (χ4v) is 3.61. The molecule has 1 saturated carbocycles. The predicted octanol–water partition coefficient (Wildman–Crippen LogP) is 2.98. The third-order valence-corrected chi connectivity index (χ3v) is 5.12. The second kappa shape index (κ2) is 6.75. The van der Waals surface area contributed by atoms with Crippen molar-refractivity contribution in [3.05, 3.63) is 48.0 Å². The first-order valence-corrected chi connectivity index (χ1v) is 9.02. The summed E-state index contributed by atoms with van der Waals surface area (Å²) < 4.78 is 2.18. The molecule has 1 amide bonds. The van der Waals surface area contributed by atoms with Gasteiger partial charge in [0.15, 0.2) is 5.82 Å². The van der Waals surface area contributed by atoms with Crippen molar-refractivity contribution in [2.75, 3.05) is 6.54 Å². The number of carbonyl (C=O) groups is 1. The van der Waals surface area contributed by atoms with Gasteiger partial charge in [0, 0.05) is 13.1 Å². The molecule has 1 aliphatic carbocycles. The van der Waals surface area contributed by atoms with Crippen molar-refractivity contribution < 1.29 is 4.79 Å². The Hall–Kier alpha value is -2.17. The highest BCUT2D eigenvalue weighted by atomic mass is 16.2. The molecule has 5 heteroatoms. The van der Waals surface area contributed by atoms with Gasteiger partial charge in [-0.25, -0.2) is 0 Å². The molecule has 0 spiro atoms. The van der Waals surface area contributed by atoms with Crippen LogP contribution in [0.3, 0.4) is 0 Å². The fraction of sp³-hybridized carbons (Fsp3) is 0.526. The standard InChI is InChI=1S/C19H24N4O/c24-18(12-15-6-2-1-3-7-15)23-11-5-4-8-17(23)19-21-20-14-22(19)13-16-9-10-16/h1-3,6-7,14,16-17H,4-5,8-13H2/t17-/m1/s1. The van der Waals surface area contributed by atoms with Crippen LogP contribution in [0.2, 0.25) is 0 Å². The molecule has 1 saturated heterocycles. The molecule has 0 unspecified atom stereocenters. The quantitative estimate of drug-likeness (QED) is 0.849. The van der Waals surface area contributed by atoms with Crippen molar-refractivity contribution >= 4 is 5.91 Å². The second-order valence-electron chi connectivity index (χ2n) is 7.05. The predicted molar refractivity (Wildman–Crippen MR) is 91.2 cm³/mol. The van der Waals surface area contributed by atoms with Crippen LogP contribution in [-0.4, -0.2) is 32.1 Å². The minimum absolute atomic E-state index is 0.0798. The first-order valence-electron chi connectivity index (χ1n) is 9.02. The fourth-order valence-electron chi connectivity index (χ4n) is 3.61. The van der Waals surface area contributed by atoms with E-state index in [0.717, 1.165) is 49.7 Å². The number of hydrogen-bond donors (Lipinski definition) is 0. The lowest BCUT2D eigenvalue weighted by Crippen LogP contribution is -2.40. The summed E-state index contributed by atoms with van der Waals surface area (Å²) in [7, 11) is 0. The molecule has 2 aliphatic rings. The zero-order valence-electron chi connectivity index (χ0n) is 14.0. The van der Waals surface area contributed by atoms with Gasteiger partial charge in [0.05, 0.1) is 12.5 Å². The molecule has 2 heterocycles. The monoisotopic (exact) mass is 324 g/mol. The van der Waals surface area contributed by atoms with E-state index in [1.165, 1.54) is 12.8 Å². The highest BCUT2D eigenvalue weighted by Crippen LogP contribution is 2.34. The third-order valence-electron chi connectivity index (χ3n) is 5.12. The molecule has 1 aliphatic heterocycles. The summed E-state index contributed by atoms with van der Waals surface area (Å²) >= 11 is 0. The number of benzene rings is 1. The number of piperidine rings is 1. The molecular formula is C19H24N4O. The van der Waals surface area contributed by atoms with Crippen LogP contribution in [0.15, 0.2) is 36.7 Å². The topological polar surface area (TPSA) is 51.0 Å². The van der Waals surface area contributed by atoms with Crippen LogP contribution in [0.1, 0.15) is 49.5 Å². The van der Waals surface area contributed by atoms with Gasteiger partial charge in [-0.1, -0.05) is 30.3 Å². The van der Waals surface area contributed by atoms with Gasteiger partial charge in [0.25, 0.3) is 0 Å². The molecule has 126 valence electrons. The van der Waals surface area contributed by atoms with E-state index in [1.54, 1.807) is 0 Å². The third kappa shape index (κ3) is 3.35. The van der Waals surface area contributed by atoms with Gasteiger partial charge in [-0.15, -0.1) is 10.2 Å². The Morgan fingerprint density at radius 3 is 2.75 bits per heavy atom. The summed E-state index contributed by atoms with van der Waals surface area (Å²) in [4.78, 5) is 14.9. The summed E-state index contributed by atoms with van der Waals surface area (Å²) in [6.07, 6.45) is 8.13. The SMILES string of the molecule is O=C(Cc1ccccc1)N1CCCC[C@@H]1c1nncn1CC1CC1. The summed E-state index contributed by atoms with van der Waals surface area (Å²) in [5.74, 6) is 1.95. The molecule has 1 aromatic carbocycles. The van der Waals surface area contributed by atoms with Crippen molar-refractivity contribution in [2.45, 2.75) is 51.1 Å². The van der Waals surface area contributed by atoms with E-state index in [2.05, 4.69) is 14.8 Å². The Bertz CT molecular complexity index is 692. The molecule has 1 aromatic heterocycles. The first-order chi connectivity index (χ1) is 11.8. The highest BCUT2D eigenvalue weighted by molar-refractivity contribution is 5.79. The van der Waals surface area contributed by atoms with Crippen LogP contribution in [0.25, 0.3) is 0 Å². The Balaban J connectivity index is 1.52. The number of amides is 1. The molecular weight excluding hydrogens is 300 g/mol. The average molecular weight is 324 g/mol. The summed E-state index contributed by atoms with van der Waals surface area (Å²) in [6, 6.07) is 10.1. The molecule has 2 aromatic rings. The molecule has 24 heavy (non-hydrogen) atoms. The van der Waals surface area contributed by atoms with E-state index in [1.807, 2.05) is 41.6 Å². The Labute approximate surface area is 142 Å². The number of rotatable bonds is 5. The van der Waals surface area contributed by atoms with Crippen molar-refractivity contribution in [2.24, 2.45) is 5.92 Å². The molecule has 0 radical (unpaired) electrons.